The third kappa shape index (κ3) is 5.14. The quantitative estimate of drug-likeness (QED) is 0.317. The molecule has 3 rings (SSSR count). The van der Waals surface area contributed by atoms with Gasteiger partial charge in [0.15, 0.2) is 29.6 Å². The molecule has 0 bridgehead atoms. The molecule has 1 amide bonds. The van der Waals surface area contributed by atoms with Crippen LogP contribution in [0, 0.1) is 6.08 Å². The third-order valence-corrected chi connectivity index (χ3v) is 4.40. The van der Waals surface area contributed by atoms with E-state index < -0.39 is 72.1 Å². The topological polar surface area (TPSA) is 181 Å². The zero-order chi connectivity index (χ0) is 24.4. The molecular weight excluding hydrogens is 449 g/mol. The van der Waals surface area contributed by atoms with Gasteiger partial charge in [0.2, 0.25) is 11.9 Å². The number of aromatic amines is 1. The maximum Gasteiger partial charge on any atom is 0.303 e. The minimum absolute atomic E-state index is 0.295. The summed E-state index contributed by atoms with van der Waals surface area (Å²) in [4.78, 5) is 68.1. The smallest absolute Gasteiger partial charge is 0.303 e. The number of esters is 3. The predicted octanol–water partition coefficient (Wildman–Crippen LogP) is -0.459. The average molecular weight is 469 g/mol. The van der Waals surface area contributed by atoms with Crippen LogP contribution in [0.3, 0.4) is 0 Å². The van der Waals surface area contributed by atoms with E-state index in [1.807, 2.05) is 0 Å². The van der Waals surface area contributed by atoms with Crippen LogP contribution in [-0.4, -0.2) is 68.3 Å². The summed E-state index contributed by atoms with van der Waals surface area (Å²) in [5.74, 6) is -3.10. The van der Waals surface area contributed by atoms with Crippen LogP contribution in [-0.2, 0) is 38.1 Å². The first kappa shape index (κ1) is 23.8. The molecule has 33 heavy (non-hydrogen) atoms. The first-order valence-electron chi connectivity index (χ1n) is 9.56. The number of H-pyrrole nitrogens is 1. The van der Waals surface area contributed by atoms with Crippen molar-refractivity contribution < 1.29 is 42.5 Å². The average Bonchev–Trinajstić information content (AvgIpc) is 3.16. The lowest BCUT2D eigenvalue weighted by atomic mass is 10.1. The van der Waals surface area contributed by atoms with Gasteiger partial charge in [-0.15, -0.1) is 0 Å². The van der Waals surface area contributed by atoms with Gasteiger partial charge in [0, 0.05) is 27.7 Å². The number of carbonyl (C=O) groups is 4. The van der Waals surface area contributed by atoms with Crippen LogP contribution in [0.2, 0.25) is 0 Å². The van der Waals surface area contributed by atoms with Crippen molar-refractivity contribution in [2.45, 2.75) is 52.2 Å². The number of anilines is 1. The molecule has 0 aliphatic carbocycles. The molecule has 14 nitrogen and oxygen atoms in total. The summed E-state index contributed by atoms with van der Waals surface area (Å²) in [5, 5.41) is 2.26. The summed E-state index contributed by atoms with van der Waals surface area (Å²) < 4.78 is 36.8. The monoisotopic (exact) mass is 469 g/mol. The van der Waals surface area contributed by atoms with E-state index in [4.69, 9.17) is 18.9 Å². The molecule has 2 N–H and O–H groups in total. The van der Waals surface area contributed by atoms with E-state index >= 15 is 0 Å². The molecule has 4 atom stereocenters. The minimum Gasteiger partial charge on any atom is -0.463 e. The highest BCUT2D eigenvalue weighted by atomic mass is 19.1. The molecule has 15 heteroatoms. The Labute approximate surface area is 184 Å². The number of ether oxygens (including phenoxy) is 4. The van der Waals surface area contributed by atoms with Crippen LogP contribution < -0.4 is 10.9 Å². The molecule has 0 aromatic carbocycles. The molecule has 0 saturated carbocycles. The Kier molecular flexibility index (Phi) is 6.71. The van der Waals surface area contributed by atoms with Crippen molar-refractivity contribution in [3.63, 3.8) is 0 Å². The molecule has 2 aromatic rings. The van der Waals surface area contributed by atoms with Gasteiger partial charge in [-0.05, 0) is 0 Å². The minimum atomic E-state index is -1.52. The Morgan fingerprint density at radius 2 is 1.70 bits per heavy atom. The Hall–Kier alpha value is -3.88. The molecule has 178 valence electrons. The van der Waals surface area contributed by atoms with Gasteiger partial charge in [-0.25, -0.2) is 0 Å². The zero-order valence-corrected chi connectivity index (χ0v) is 17.9. The van der Waals surface area contributed by atoms with Crippen LogP contribution in [0.25, 0.3) is 11.2 Å². The summed E-state index contributed by atoms with van der Waals surface area (Å²) in [6, 6.07) is 0. The molecule has 1 aliphatic rings. The van der Waals surface area contributed by atoms with Crippen LogP contribution in [0.1, 0.15) is 33.9 Å². The van der Waals surface area contributed by atoms with Crippen molar-refractivity contribution in [3.05, 3.63) is 16.4 Å². The first-order chi connectivity index (χ1) is 15.5. The van der Waals surface area contributed by atoms with Gasteiger partial charge in [-0.3, -0.25) is 38.8 Å². The standard InChI is InChI=1S/C18H20FN5O9/c1-6(25)20-18-22-14-11(15(29)23-18)21-17(19)24(14)16-13(32-9(4)28)12(31-8(3)27)10(33-16)5-30-7(2)26/h10,12-13,16H,5H2,1-4H3,(H2,20,22,23,25,29)/t10-,12-,13-,16-/m1/s1. The van der Waals surface area contributed by atoms with Gasteiger partial charge in [0.1, 0.15) is 12.7 Å². The number of aromatic nitrogens is 4. The van der Waals surface area contributed by atoms with E-state index in [9.17, 15) is 28.4 Å². The lowest BCUT2D eigenvalue weighted by Crippen LogP contribution is -2.40. The number of nitrogens with one attached hydrogen (secondary N) is 2. The summed E-state index contributed by atoms with van der Waals surface area (Å²) in [7, 11) is 0. The molecule has 1 fully saturated rings. The Balaban J connectivity index is 2.13. The summed E-state index contributed by atoms with van der Waals surface area (Å²) in [5.41, 5.74) is -1.65. The van der Waals surface area contributed by atoms with Gasteiger partial charge in [0.25, 0.3) is 11.6 Å². The molecule has 1 aliphatic heterocycles. The van der Waals surface area contributed by atoms with Crippen LogP contribution in [0.15, 0.2) is 4.79 Å². The maximum atomic E-state index is 14.9. The van der Waals surface area contributed by atoms with Crippen LogP contribution >= 0.6 is 0 Å². The lowest BCUT2D eigenvalue weighted by molar-refractivity contribution is -0.166. The molecular formula is C18H20FN5O9. The van der Waals surface area contributed by atoms with Crippen molar-refractivity contribution in [1.29, 1.82) is 0 Å². The Morgan fingerprint density at radius 1 is 1.06 bits per heavy atom. The summed E-state index contributed by atoms with van der Waals surface area (Å²) in [6.07, 6.45) is -6.66. The highest BCUT2D eigenvalue weighted by Gasteiger charge is 2.52. The van der Waals surface area contributed by atoms with E-state index in [-0.39, 0.29) is 11.6 Å². The van der Waals surface area contributed by atoms with Crippen molar-refractivity contribution >= 4 is 40.9 Å². The second-order valence-corrected chi connectivity index (χ2v) is 7.03. The van der Waals surface area contributed by atoms with Gasteiger partial charge in [-0.1, -0.05) is 0 Å². The number of amides is 1. The molecule has 0 radical (unpaired) electrons. The van der Waals surface area contributed by atoms with Gasteiger partial charge in [-0.2, -0.15) is 14.4 Å². The van der Waals surface area contributed by atoms with E-state index in [1.54, 1.807) is 0 Å². The maximum absolute atomic E-state index is 14.9. The fourth-order valence-corrected chi connectivity index (χ4v) is 3.31. The van der Waals surface area contributed by atoms with E-state index in [0.29, 0.717) is 4.57 Å². The van der Waals surface area contributed by atoms with Gasteiger partial charge < -0.3 is 18.9 Å². The number of hydrogen-bond acceptors (Lipinski definition) is 11. The fraction of sp³-hybridized carbons (Fsp3) is 0.500. The van der Waals surface area contributed by atoms with E-state index in [2.05, 4.69) is 20.3 Å². The zero-order valence-electron chi connectivity index (χ0n) is 17.9. The second kappa shape index (κ2) is 9.32. The van der Waals surface area contributed by atoms with E-state index in [0.717, 1.165) is 20.8 Å². The molecule has 0 unspecified atom stereocenters. The molecule has 0 spiro atoms. The highest BCUT2D eigenvalue weighted by molar-refractivity contribution is 5.87. The van der Waals surface area contributed by atoms with Crippen molar-refractivity contribution in [1.82, 2.24) is 19.5 Å². The van der Waals surface area contributed by atoms with Crippen molar-refractivity contribution in [2.75, 3.05) is 11.9 Å². The Morgan fingerprint density at radius 3 is 2.27 bits per heavy atom. The van der Waals surface area contributed by atoms with Crippen LogP contribution in [0.4, 0.5) is 10.3 Å². The van der Waals surface area contributed by atoms with Crippen molar-refractivity contribution in [2.24, 2.45) is 0 Å². The lowest BCUT2D eigenvalue weighted by Gasteiger charge is -2.23. The van der Waals surface area contributed by atoms with Gasteiger partial charge >= 0.3 is 17.9 Å². The fourth-order valence-electron chi connectivity index (χ4n) is 3.31. The number of halogens is 1. The van der Waals surface area contributed by atoms with Crippen LogP contribution in [0.5, 0.6) is 0 Å². The second-order valence-electron chi connectivity index (χ2n) is 7.03. The number of hydrogen-bond donors (Lipinski definition) is 2. The molecule has 3 heterocycles. The summed E-state index contributed by atoms with van der Waals surface area (Å²) in [6.45, 7) is 4.05. The van der Waals surface area contributed by atoms with E-state index in [1.165, 1.54) is 6.92 Å². The number of fused-ring (bicyclic) bond motifs is 1. The van der Waals surface area contributed by atoms with Gasteiger partial charge in [0.05, 0.1) is 0 Å². The van der Waals surface area contributed by atoms with Crippen molar-refractivity contribution in [3.8, 4) is 0 Å². The molecule has 1 saturated heterocycles. The number of imidazole rings is 1. The summed E-state index contributed by atoms with van der Waals surface area (Å²) >= 11 is 0. The predicted molar refractivity (Wildman–Crippen MR) is 104 cm³/mol. The number of carbonyl (C=O) groups excluding carboxylic acids is 4. The normalized spacial score (nSPS) is 22.1. The number of rotatable bonds is 6. The SMILES string of the molecule is CC(=O)Nc1nc2c(nc(F)n2[C@@H]2O[C@H](COC(C)=O)[C@@H](OC(C)=O)[C@H]2OC(C)=O)c(=O)[nH]1. The largest absolute Gasteiger partial charge is 0.463 e. The highest BCUT2D eigenvalue weighted by Crippen LogP contribution is 2.36. The molecule has 2 aromatic heterocycles. The third-order valence-electron chi connectivity index (χ3n) is 4.40. The Bertz CT molecular complexity index is 1180. The number of nitrogens with zero attached hydrogens (tertiary/aromatic N) is 3. The first-order valence-corrected chi connectivity index (χ1v) is 9.56.